The van der Waals surface area contributed by atoms with Gasteiger partial charge in [0.1, 0.15) is 34.7 Å². The summed E-state index contributed by atoms with van der Waals surface area (Å²) in [5.74, 6) is 2.17. The quantitative estimate of drug-likeness (QED) is 0.0943. The van der Waals surface area contributed by atoms with Gasteiger partial charge in [0.05, 0.1) is 0 Å². The number of benzene rings is 3. The smallest absolute Gasteiger partial charge is 0.227 e. The maximum Gasteiger partial charge on any atom is 0.227 e. The minimum Gasteiger partial charge on any atom is -0.487 e. The van der Waals surface area contributed by atoms with Crippen LogP contribution >= 0.6 is 0 Å². The topological polar surface area (TPSA) is 64.0 Å². The van der Waals surface area contributed by atoms with Crippen LogP contribution in [0.4, 0.5) is 11.4 Å². The van der Waals surface area contributed by atoms with Gasteiger partial charge in [-0.15, -0.1) is 0 Å². The number of allylic oxidation sites excluding steroid dienone is 12. The number of furan rings is 1. The molecule has 0 amide bonds. The average Bonchev–Trinajstić information content (AvgIpc) is 3.62. The molecule has 2 aromatic heterocycles. The number of fused-ring (bicyclic) bond motifs is 2. The van der Waals surface area contributed by atoms with E-state index >= 15 is 0 Å². The fourth-order valence-corrected chi connectivity index (χ4v) is 6.76. The summed E-state index contributed by atoms with van der Waals surface area (Å²) in [6.45, 7) is 14.9. The van der Waals surface area contributed by atoms with E-state index in [2.05, 4.69) is 116 Å². The van der Waals surface area contributed by atoms with E-state index in [4.69, 9.17) is 18.6 Å². The van der Waals surface area contributed by atoms with Crippen molar-refractivity contribution < 1.29 is 13.6 Å². The molecular weight excluding hydrogens is 691 g/mol. The molecule has 2 heterocycles. The molecule has 6 nitrogen and oxygen atoms in total. The van der Waals surface area contributed by atoms with Gasteiger partial charge in [0.2, 0.25) is 5.89 Å². The lowest BCUT2D eigenvalue weighted by molar-refractivity contribution is 0.356. The molecule has 0 saturated heterocycles. The molecule has 56 heavy (non-hydrogen) atoms. The molecule has 2 aliphatic rings. The first-order valence-corrected chi connectivity index (χ1v) is 18.8. The number of hydrogen-bond acceptors (Lipinski definition) is 6. The highest BCUT2D eigenvalue weighted by atomic mass is 16.5. The average molecular weight is 736 g/mol. The molecule has 6 heteroatoms. The van der Waals surface area contributed by atoms with E-state index in [0.717, 1.165) is 79.0 Å². The van der Waals surface area contributed by atoms with Crippen LogP contribution < -0.4 is 20.3 Å². The molecule has 278 valence electrons. The normalized spacial score (nSPS) is 15.1. The van der Waals surface area contributed by atoms with Crippen molar-refractivity contribution in [2.24, 2.45) is 4.99 Å². The van der Waals surface area contributed by atoms with Gasteiger partial charge in [-0.25, -0.2) is 4.98 Å². The van der Waals surface area contributed by atoms with E-state index in [-0.39, 0.29) is 0 Å². The molecule has 2 aliphatic carbocycles. The van der Waals surface area contributed by atoms with E-state index in [1.807, 2.05) is 85.8 Å². The molecule has 3 aromatic carbocycles. The number of anilines is 1. The zero-order valence-corrected chi connectivity index (χ0v) is 32.1. The number of para-hydroxylation sites is 4. The highest BCUT2D eigenvalue weighted by Crippen LogP contribution is 2.32. The molecule has 0 atom stereocenters. The molecule has 0 unspecified atom stereocenters. The third-order valence-electron chi connectivity index (χ3n) is 9.71. The second-order valence-electron chi connectivity index (χ2n) is 13.3. The zero-order chi connectivity index (χ0) is 38.9. The molecule has 0 bridgehead atoms. The summed E-state index contributed by atoms with van der Waals surface area (Å²) in [6.07, 6.45) is 31.0. The molecule has 0 spiro atoms. The van der Waals surface area contributed by atoms with Crippen molar-refractivity contribution >= 4 is 46.9 Å². The molecule has 0 N–H and O–H groups in total. The number of rotatable bonds is 12. The Kier molecular flexibility index (Phi) is 11.7. The molecule has 5 aromatic rings. The van der Waals surface area contributed by atoms with Crippen LogP contribution in [0.1, 0.15) is 38.5 Å². The predicted octanol–water partition coefficient (Wildman–Crippen LogP) is 11.4. The first-order chi connectivity index (χ1) is 27.5. The van der Waals surface area contributed by atoms with Crippen LogP contribution in [-0.4, -0.2) is 18.3 Å². The van der Waals surface area contributed by atoms with Crippen LogP contribution in [0.25, 0.3) is 40.3 Å². The van der Waals surface area contributed by atoms with Crippen molar-refractivity contribution in [2.75, 3.05) is 11.5 Å². The second kappa shape index (κ2) is 17.5. The monoisotopic (exact) mass is 735 g/mol. The maximum atomic E-state index is 6.54. The summed E-state index contributed by atoms with van der Waals surface area (Å²) in [7, 11) is 0. The Morgan fingerprint density at radius 1 is 0.929 bits per heavy atom. The lowest BCUT2D eigenvalue weighted by Crippen LogP contribution is -2.25. The summed E-state index contributed by atoms with van der Waals surface area (Å²) >= 11 is 0. The number of nitrogens with zero attached hydrogens (tertiary/aromatic N) is 3. The summed E-state index contributed by atoms with van der Waals surface area (Å²) in [5, 5.41) is 1.10. The van der Waals surface area contributed by atoms with E-state index < -0.39 is 0 Å². The molecule has 0 fully saturated rings. The van der Waals surface area contributed by atoms with Crippen molar-refractivity contribution in [1.82, 2.24) is 4.98 Å². The van der Waals surface area contributed by atoms with Crippen molar-refractivity contribution in [1.29, 1.82) is 0 Å². The Labute approximate surface area is 328 Å². The van der Waals surface area contributed by atoms with Gasteiger partial charge in [0.15, 0.2) is 5.58 Å². The van der Waals surface area contributed by atoms with Gasteiger partial charge >= 0.3 is 0 Å². The van der Waals surface area contributed by atoms with Crippen molar-refractivity contribution in [3.63, 3.8) is 0 Å². The fraction of sp³-hybridized carbons (Fsp3) is 0.120. The minimum atomic E-state index is 0.402. The Balaban J connectivity index is 1.21. The van der Waals surface area contributed by atoms with E-state index in [1.165, 1.54) is 5.56 Å². The SMILES string of the molecule is C=Nc1ccccc1OCC1=CCC=C(N(C(=C)\C=C/C(=C\C)C(/C)=c2\oc3c(\c2=C\C=C/C)CC=CC=C3)c2ccc(-c3nc4ccccc4o3)cc2)C=C1. The van der Waals surface area contributed by atoms with Crippen LogP contribution in [-0.2, 0) is 6.42 Å². The van der Waals surface area contributed by atoms with Crippen LogP contribution in [0, 0.1) is 0 Å². The van der Waals surface area contributed by atoms with Gasteiger partial charge in [-0.3, -0.25) is 4.99 Å². The first kappa shape index (κ1) is 37.4. The zero-order valence-electron chi connectivity index (χ0n) is 32.1. The number of aromatic nitrogens is 1. The number of aliphatic imine (C=N–C) groups is 1. The molecule has 0 aliphatic heterocycles. The Morgan fingerprint density at radius 2 is 1.75 bits per heavy atom. The van der Waals surface area contributed by atoms with Gasteiger partial charge in [0, 0.05) is 33.4 Å². The predicted molar refractivity (Wildman–Crippen MR) is 233 cm³/mol. The molecule has 0 saturated carbocycles. The van der Waals surface area contributed by atoms with Gasteiger partial charge < -0.3 is 18.5 Å². The minimum absolute atomic E-state index is 0.402. The first-order valence-electron chi connectivity index (χ1n) is 18.8. The number of hydrogen-bond donors (Lipinski definition) is 0. The lowest BCUT2D eigenvalue weighted by Gasteiger charge is -2.27. The molecule has 7 rings (SSSR count). The summed E-state index contributed by atoms with van der Waals surface area (Å²) in [4.78, 5) is 11.0. The van der Waals surface area contributed by atoms with Crippen LogP contribution in [0.15, 0.2) is 189 Å². The summed E-state index contributed by atoms with van der Waals surface area (Å²) < 4.78 is 18.8. The molecular formula is C50H45N3O3. The Bertz CT molecular complexity index is 2620. The van der Waals surface area contributed by atoms with E-state index in [1.54, 1.807) is 0 Å². The maximum absolute atomic E-state index is 6.54. The number of oxazole rings is 1. The largest absolute Gasteiger partial charge is 0.487 e. The van der Waals surface area contributed by atoms with E-state index in [0.29, 0.717) is 24.7 Å². The van der Waals surface area contributed by atoms with Gasteiger partial charge in [0.25, 0.3) is 0 Å². The van der Waals surface area contributed by atoms with Gasteiger partial charge in [-0.05, 0) is 124 Å². The highest BCUT2D eigenvalue weighted by molar-refractivity contribution is 5.77. The Hall–Kier alpha value is -6.92. The van der Waals surface area contributed by atoms with Crippen LogP contribution in [0.3, 0.4) is 0 Å². The number of ether oxygens (including phenoxy) is 1. The third-order valence-corrected chi connectivity index (χ3v) is 9.71. The van der Waals surface area contributed by atoms with Gasteiger partial charge in [-0.2, -0.15) is 0 Å². The van der Waals surface area contributed by atoms with Crippen molar-refractivity contribution in [3.8, 4) is 17.2 Å². The van der Waals surface area contributed by atoms with Gasteiger partial charge in [-0.1, -0.05) is 97.7 Å². The summed E-state index contributed by atoms with van der Waals surface area (Å²) in [6, 6.07) is 23.7. The Morgan fingerprint density at radius 3 is 2.55 bits per heavy atom. The van der Waals surface area contributed by atoms with Crippen molar-refractivity contribution in [2.45, 2.75) is 33.6 Å². The standard InChI is InChI=1S/C50H45N3O3/c1-6-8-19-43-42-20-10-9-11-23-46(42)55-49(43)36(4)38(7-2)28-26-35(3)53(41-32-29-39(30-33-41)50-52-45-22-13-15-25-48(45)56-50)40-18-16-17-37(27-31-40)34-54-47-24-14-12-21-44(47)51-5/h6-15,17-19,21-33H,3,5,16,20,34H2,1-2,4H3/b8-6-,28-26-,38-7+,43-19-,49-36-. The lowest BCUT2D eigenvalue weighted by atomic mass is 10.0. The van der Waals surface area contributed by atoms with Crippen molar-refractivity contribution in [3.05, 3.63) is 197 Å². The van der Waals surface area contributed by atoms with Crippen LogP contribution in [0.2, 0.25) is 0 Å². The second-order valence-corrected chi connectivity index (χ2v) is 13.3. The summed E-state index contributed by atoms with van der Waals surface area (Å²) in [5.41, 5.74) is 11.1. The third kappa shape index (κ3) is 8.25. The van der Waals surface area contributed by atoms with Crippen LogP contribution in [0.5, 0.6) is 5.75 Å². The fourth-order valence-electron chi connectivity index (χ4n) is 6.76. The highest BCUT2D eigenvalue weighted by Gasteiger charge is 2.17. The van der Waals surface area contributed by atoms with E-state index in [9.17, 15) is 0 Å². The molecule has 0 radical (unpaired) electrons.